The summed E-state index contributed by atoms with van der Waals surface area (Å²) in [6.45, 7) is 3.75. The molecule has 2 saturated carbocycles. The molecule has 1 heteroatoms. The van der Waals surface area contributed by atoms with E-state index in [0.29, 0.717) is 5.92 Å². The van der Waals surface area contributed by atoms with E-state index in [9.17, 15) is 5.26 Å². The molecule has 12 heavy (non-hydrogen) atoms. The van der Waals surface area contributed by atoms with E-state index in [1.807, 2.05) is 6.08 Å². The number of nitriles is 1. The monoisotopic (exact) mass is 161 g/mol. The van der Waals surface area contributed by atoms with Crippen LogP contribution in [0.4, 0.5) is 0 Å². The largest absolute Gasteiger partial charge is 0.198 e. The Hall–Kier alpha value is -0.770. The molecule has 0 aromatic heterocycles. The van der Waals surface area contributed by atoms with Crippen LogP contribution < -0.4 is 0 Å². The standard InChI is InChI=1S/C11H15N/c1-2-5-11(8-12)7-9-3-4-10(11)6-9/h2,9-10H,1,3-7H2. The molecule has 2 aliphatic carbocycles. The summed E-state index contributed by atoms with van der Waals surface area (Å²) in [4.78, 5) is 0. The molecule has 2 bridgehead atoms. The summed E-state index contributed by atoms with van der Waals surface area (Å²) >= 11 is 0. The van der Waals surface area contributed by atoms with E-state index >= 15 is 0 Å². The Morgan fingerprint density at radius 1 is 1.58 bits per heavy atom. The van der Waals surface area contributed by atoms with E-state index < -0.39 is 0 Å². The summed E-state index contributed by atoms with van der Waals surface area (Å²) in [5.74, 6) is 1.54. The van der Waals surface area contributed by atoms with E-state index in [0.717, 1.165) is 18.8 Å². The Kier molecular flexibility index (Phi) is 1.72. The van der Waals surface area contributed by atoms with Gasteiger partial charge in [0.2, 0.25) is 0 Å². The fraction of sp³-hybridized carbons (Fsp3) is 0.727. The first-order chi connectivity index (χ1) is 5.80. The molecule has 0 heterocycles. The van der Waals surface area contributed by atoms with Crippen LogP contribution in [0.25, 0.3) is 0 Å². The molecular formula is C11H15N. The Labute approximate surface area is 74.1 Å². The van der Waals surface area contributed by atoms with Crippen molar-refractivity contribution in [3.05, 3.63) is 12.7 Å². The maximum Gasteiger partial charge on any atom is 0.0696 e. The molecular weight excluding hydrogens is 146 g/mol. The lowest BCUT2D eigenvalue weighted by atomic mass is 9.72. The first-order valence-electron chi connectivity index (χ1n) is 4.83. The third-order valence-electron chi connectivity index (χ3n) is 3.71. The van der Waals surface area contributed by atoms with Crippen LogP contribution in [-0.2, 0) is 0 Å². The van der Waals surface area contributed by atoms with Crippen molar-refractivity contribution in [2.24, 2.45) is 17.3 Å². The number of fused-ring (bicyclic) bond motifs is 2. The van der Waals surface area contributed by atoms with Gasteiger partial charge in [0.15, 0.2) is 0 Å². The second kappa shape index (κ2) is 2.62. The fourth-order valence-electron chi connectivity index (χ4n) is 3.13. The van der Waals surface area contributed by atoms with Crippen molar-refractivity contribution in [2.75, 3.05) is 0 Å². The lowest BCUT2D eigenvalue weighted by Gasteiger charge is -2.29. The number of allylic oxidation sites excluding steroid dienone is 1. The fourth-order valence-corrected chi connectivity index (χ4v) is 3.13. The van der Waals surface area contributed by atoms with Crippen LogP contribution >= 0.6 is 0 Å². The highest BCUT2D eigenvalue weighted by Crippen LogP contribution is 2.57. The maximum absolute atomic E-state index is 9.17. The van der Waals surface area contributed by atoms with Crippen LogP contribution in [0.1, 0.15) is 32.1 Å². The number of hydrogen-bond donors (Lipinski definition) is 0. The quantitative estimate of drug-likeness (QED) is 0.571. The second-order valence-electron chi connectivity index (χ2n) is 4.34. The summed E-state index contributed by atoms with van der Waals surface area (Å²) in [7, 11) is 0. The van der Waals surface area contributed by atoms with E-state index in [1.54, 1.807) is 0 Å². The lowest BCUT2D eigenvalue weighted by molar-refractivity contribution is 0.244. The molecule has 0 aromatic rings. The Balaban J connectivity index is 2.20. The van der Waals surface area contributed by atoms with Gasteiger partial charge in [0, 0.05) is 0 Å². The zero-order valence-corrected chi connectivity index (χ0v) is 7.42. The van der Waals surface area contributed by atoms with Gasteiger partial charge in [-0.15, -0.1) is 6.58 Å². The van der Waals surface area contributed by atoms with Gasteiger partial charge in [0.1, 0.15) is 0 Å². The molecule has 0 saturated heterocycles. The van der Waals surface area contributed by atoms with Crippen molar-refractivity contribution in [1.29, 1.82) is 5.26 Å². The third kappa shape index (κ3) is 0.909. The van der Waals surface area contributed by atoms with Crippen molar-refractivity contribution in [3.63, 3.8) is 0 Å². The predicted octanol–water partition coefficient (Wildman–Crippen LogP) is 2.89. The van der Waals surface area contributed by atoms with Gasteiger partial charge in [-0.05, 0) is 37.5 Å². The highest BCUT2D eigenvalue weighted by molar-refractivity contribution is 5.13. The summed E-state index contributed by atoms with van der Waals surface area (Å²) in [6, 6.07) is 2.54. The molecule has 0 aliphatic heterocycles. The molecule has 64 valence electrons. The van der Waals surface area contributed by atoms with Gasteiger partial charge < -0.3 is 0 Å². The third-order valence-corrected chi connectivity index (χ3v) is 3.71. The van der Waals surface area contributed by atoms with Crippen LogP contribution in [0.3, 0.4) is 0 Å². The van der Waals surface area contributed by atoms with Crippen molar-refractivity contribution in [3.8, 4) is 6.07 Å². The molecule has 3 unspecified atom stereocenters. The molecule has 2 fully saturated rings. The molecule has 0 amide bonds. The summed E-state index contributed by atoms with van der Waals surface area (Å²) in [5.41, 5.74) is -0.00926. The van der Waals surface area contributed by atoms with Crippen LogP contribution in [-0.4, -0.2) is 0 Å². The average molecular weight is 161 g/mol. The summed E-state index contributed by atoms with van der Waals surface area (Å²) < 4.78 is 0. The van der Waals surface area contributed by atoms with Gasteiger partial charge in [-0.25, -0.2) is 0 Å². The van der Waals surface area contributed by atoms with Gasteiger partial charge in [-0.1, -0.05) is 12.5 Å². The van der Waals surface area contributed by atoms with Gasteiger partial charge >= 0.3 is 0 Å². The highest BCUT2D eigenvalue weighted by Gasteiger charge is 2.50. The molecule has 0 N–H and O–H groups in total. The van der Waals surface area contributed by atoms with Crippen LogP contribution in [0.5, 0.6) is 0 Å². The molecule has 2 aliphatic rings. The topological polar surface area (TPSA) is 23.8 Å². The SMILES string of the molecule is C=CCC1(C#N)CC2CCC1C2. The highest BCUT2D eigenvalue weighted by atomic mass is 14.5. The van der Waals surface area contributed by atoms with E-state index in [1.165, 1.54) is 19.3 Å². The molecule has 0 radical (unpaired) electrons. The van der Waals surface area contributed by atoms with Crippen molar-refractivity contribution in [2.45, 2.75) is 32.1 Å². The average Bonchev–Trinajstić information content (AvgIpc) is 2.64. The van der Waals surface area contributed by atoms with Crippen molar-refractivity contribution >= 4 is 0 Å². The second-order valence-corrected chi connectivity index (χ2v) is 4.34. The Morgan fingerprint density at radius 2 is 2.42 bits per heavy atom. The molecule has 0 aromatic carbocycles. The first kappa shape index (κ1) is 7.86. The molecule has 1 nitrogen and oxygen atoms in total. The van der Waals surface area contributed by atoms with Crippen LogP contribution in [0.2, 0.25) is 0 Å². The zero-order valence-electron chi connectivity index (χ0n) is 7.42. The first-order valence-corrected chi connectivity index (χ1v) is 4.83. The van der Waals surface area contributed by atoms with Gasteiger partial charge in [0.05, 0.1) is 11.5 Å². The minimum Gasteiger partial charge on any atom is -0.198 e. The van der Waals surface area contributed by atoms with Gasteiger partial charge in [-0.3, -0.25) is 0 Å². The number of rotatable bonds is 2. The van der Waals surface area contributed by atoms with E-state index in [-0.39, 0.29) is 5.41 Å². The van der Waals surface area contributed by atoms with Crippen molar-refractivity contribution < 1.29 is 0 Å². The van der Waals surface area contributed by atoms with E-state index in [4.69, 9.17) is 0 Å². The van der Waals surface area contributed by atoms with E-state index in [2.05, 4.69) is 12.6 Å². The van der Waals surface area contributed by atoms with Crippen LogP contribution in [0, 0.1) is 28.6 Å². The lowest BCUT2D eigenvalue weighted by Crippen LogP contribution is -2.25. The normalized spacial score (nSPS) is 44.2. The molecule has 2 rings (SSSR count). The summed E-state index contributed by atoms with van der Waals surface area (Å²) in [5, 5.41) is 9.17. The predicted molar refractivity (Wildman–Crippen MR) is 48.3 cm³/mol. The Bertz CT molecular complexity index is 238. The van der Waals surface area contributed by atoms with Gasteiger partial charge in [-0.2, -0.15) is 5.26 Å². The minimum atomic E-state index is -0.00926. The van der Waals surface area contributed by atoms with Gasteiger partial charge in [0.25, 0.3) is 0 Å². The maximum atomic E-state index is 9.17. The Morgan fingerprint density at radius 3 is 2.83 bits per heavy atom. The number of nitrogens with zero attached hydrogens (tertiary/aromatic N) is 1. The van der Waals surface area contributed by atoms with Crippen LogP contribution in [0.15, 0.2) is 12.7 Å². The molecule has 0 spiro atoms. The minimum absolute atomic E-state index is 0.00926. The molecule has 3 atom stereocenters. The zero-order chi connectivity index (χ0) is 8.60. The number of hydrogen-bond acceptors (Lipinski definition) is 1. The van der Waals surface area contributed by atoms with Crippen molar-refractivity contribution in [1.82, 2.24) is 0 Å². The summed E-state index contributed by atoms with van der Waals surface area (Å²) in [6.07, 6.45) is 7.92. The smallest absolute Gasteiger partial charge is 0.0696 e.